The van der Waals surface area contributed by atoms with Crippen LogP contribution in [0.1, 0.15) is 65.2 Å². The SMILES string of the molecule is CCCCCCN(CCO)C(=O)C1(CN)CCC(C)CC1. The molecule has 4 heteroatoms. The lowest BCUT2D eigenvalue weighted by atomic mass is 9.70. The molecule has 0 aliphatic heterocycles. The quantitative estimate of drug-likeness (QED) is 0.643. The van der Waals surface area contributed by atoms with Gasteiger partial charge in [0, 0.05) is 19.6 Å². The van der Waals surface area contributed by atoms with Gasteiger partial charge in [-0.2, -0.15) is 0 Å². The average Bonchev–Trinajstić information content (AvgIpc) is 2.51. The number of rotatable bonds is 9. The van der Waals surface area contributed by atoms with Crippen molar-refractivity contribution in [3.8, 4) is 0 Å². The summed E-state index contributed by atoms with van der Waals surface area (Å²) in [5.41, 5.74) is 5.62. The standard InChI is InChI=1S/C17H34N2O2/c1-3-4-5-6-11-19(12-13-20)16(21)17(14-18)9-7-15(2)8-10-17/h15,20H,3-14,18H2,1-2H3. The van der Waals surface area contributed by atoms with Gasteiger partial charge >= 0.3 is 0 Å². The van der Waals surface area contributed by atoms with Crippen LogP contribution in [-0.2, 0) is 4.79 Å². The van der Waals surface area contributed by atoms with Crippen molar-refractivity contribution in [1.82, 2.24) is 4.90 Å². The van der Waals surface area contributed by atoms with Gasteiger partial charge in [0.1, 0.15) is 0 Å². The summed E-state index contributed by atoms with van der Waals surface area (Å²) in [5, 5.41) is 9.26. The number of hydrogen-bond donors (Lipinski definition) is 2. The van der Waals surface area contributed by atoms with Crippen LogP contribution in [0.4, 0.5) is 0 Å². The first-order valence-electron chi connectivity index (χ1n) is 8.70. The van der Waals surface area contributed by atoms with E-state index in [1.54, 1.807) is 0 Å². The Hall–Kier alpha value is -0.610. The van der Waals surface area contributed by atoms with Crippen LogP contribution >= 0.6 is 0 Å². The molecule has 4 nitrogen and oxygen atoms in total. The highest BCUT2D eigenvalue weighted by Crippen LogP contribution is 2.39. The lowest BCUT2D eigenvalue weighted by Gasteiger charge is -2.40. The Balaban J connectivity index is 2.64. The topological polar surface area (TPSA) is 66.6 Å². The van der Waals surface area contributed by atoms with Gasteiger partial charge in [-0.05, 0) is 38.0 Å². The Labute approximate surface area is 130 Å². The fraction of sp³-hybridized carbons (Fsp3) is 0.941. The van der Waals surface area contributed by atoms with Crippen LogP contribution in [0.15, 0.2) is 0 Å². The van der Waals surface area contributed by atoms with Gasteiger partial charge in [-0.15, -0.1) is 0 Å². The van der Waals surface area contributed by atoms with Gasteiger partial charge in [-0.3, -0.25) is 4.79 Å². The van der Waals surface area contributed by atoms with Crippen molar-refractivity contribution in [3.05, 3.63) is 0 Å². The molecule has 0 aromatic carbocycles. The van der Waals surface area contributed by atoms with Gasteiger partial charge < -0.3 is 15.7 Å². The van der Waals surface area contributed by atoms with Crippen LogP contribution in [0.25, 0.3) is 0 Å². The van der Waals surface area contributed by atoms with Gasteiger partial charge in [0.2, 0.25) is 5.91 Å². The highest BCUT2D eigenvalue weighted by atomic mass is 16.3. The second kappa shape index (κ2) is 9.42. The fourth-order valence-corrected chi connectivity index (χ4v) is 3.32. The molecule has 1 aliphatic carbocycles. The summed E-state index contributed by atoms with van der Waals surface area (Å²) in [4.78, 5) is 14.8. The molecule has 1 saturated carbocycles. The van der Waals surface area contributed by atoms with E-state index >= 15 is 0 Å². The molecular weight excluding hydrogens is 264 g/mol. The van der Waals surface area contributed by atoms with E-state index in [-0.39, 0.29) is 17.9 Å². The second-order valence-electron chi connectivity index (χ2n) is 6.74. The van der Waals surface area contributed by atoms with Gasteiger partial charge in [0.25, 0.3) is 0 Å². The Morgan fingerprint density at radius 1 is 1.24 bits per heavy atom. The summed E-state index contributed by atoms with van der Waals surface area (Å²) in [6, 6.07) is 0. The molecule has 0 spiro atoms. The van der Waals surface area contributed by atoms with Crippen LogP contribution in [0.2, 0.25) is 0 Å². The Morgan fingerprint density at radius 2 is 1.90 bits per heavy atom. The maximum atomic E-state index is 12.9. The van der Waals surface area contributed by atoms with Crippen LogP contribution in [0.3, 0.4) is 0 Å². The molecule has 21 heavy (non-hydrogen) atoms. The molecular formula is C17H34N2O2. The summed E-state index contributed by atoms with van der Waals surface area (Å²) in [6.45, 7) is 6.12. The third-order valence-electron chi connectivity index (χ3n) is 5.01. The molecule has 0 saturated heterocycles. The van der Waals surface area contributed by atoms with Crippen LogP contribution < -0.4 is 5.73 Å². The molecule has 0 atom stereocenters. The maximum absolute atomic E-state index is 12.9. The first-order valence-corrected chi connectivity index (χ1v) is 8.70. The summed E-state index contributed by atoms with van der Waals surface area (Å²) < 4.78 is 0. The number of unbranched alkanes of at least 4 members (excludes halogenated alkanes) is 3. The van der Waals surface area contributed by atoms with Crippen molar-refractivity contribution in [2.45, 2.75) is 65.2 Å². The van der Waals surface area contributed by atoms with Crippen molar-refractivity contribution < 1.29 is 9.90 Å². The van der Waals surface area contributed by atoms with Crippen LogP contribution in [0, 0.1) is 11.3 Å². The minimum atomic E-state index is -0.369. The molecule has 0 heterocycles. The maximum Gasteiger partial charge on any atom is 0.230 e. The molecule has 1 amide bonds. The number of nitrogens with zero attached hydrogens (tertiary/aromatic N) is 1. The number of carbonyl (C=O) groups is 1. The molecule has 3 N–H and O–H groups in total. The Morgan fingerprint density at radius 3 is 2.43 bits per heavy atom. The largest absolute Gasteiger partial charge is 0.395 e. The van der Waals surface area contributed by atoms with E-state index < -0.39 is 0 Å². The van der Waals surface area contributed by atoms with Gasteiger partial charge in [-0.1, -0.05) is 33.1 Å². The number of aliphatic hydroxyl groups is 1. The Kier molecular flexibility index (Phi) is 8.27. The number of nitrogens with two attached hydrogens (primary N) is 1. The van der Waals surface area contributed by atoms with Crippen LogP contribution in [-0.4, -0.2) is 42.2 Å². The molecule has 0 aromatic heterocycles. The normalized spacial score (nSPS) is 25.8. The third kappa shape index (κ3) is 5.26. The highest BCUT2D eigenvalue weighted by molar-refractivity contribution is 5.83. The third-order valence-corrected chi connectivity index (χ3v) is 5.01. The van der Waals surface area contributed by atoms with E-state index in [1.807, 2.05) is 4.90 Å². The highest BCUT2D eigenvalue weighted by Gasteiger charge is 2.41. The molecule has 0 radical (unpaired) electrons. The van der Waals surface area contributed by atoms with E-state index in [1.165, 1.54) is 12.8 Å². The fourth-order valence-electron chi connectivity index (χ4n) is 3.32. The average molecular weight is 298 g/mol. The van der Waals surface area contributed by atoms with Crippen LogP contribution in [0.5, 0.6) is 0 Å². The van der Waals surface area contributed by atoms with Gasteiger partial charge in [0.15, 0.2) is 0 Å². The molecule has 1 fully saturated rings. The Bertz CT molecular complexity index is 299. The van der Waals surface area contributed by atoms with E-state index in [4.69, 9.17) is 5.73 Å². The summed E-state index contributed by atoms with van der Waals surface area (Å²) in [6.07, 6.45) is 8.56. The van der Waals surface area contributed by atoms with E-state index in [0.29, 0.717) is 19.0 Å². The predicted molar refractivity (Wildman–Crippen MR) is 86.9 cm³/mol. The zero-order valence-electron chi connectivity index (χ0n) is 13.9. The van der Waals surface area contributed by atoms with E-state index in [2.05, 4.69) is 13.8 Å². The smallest absolute Gasteiger partial charge is 0.230 e. The molecule has 1 aliphatic rings. The van der Waals surface area contributed by atoms with E-state index in [9.17, 15) is 9.90 Å². The van der Waals surface area contributed by atoms with Crippen molar-refractivity contribution in [1.29, 1.82) is 0 Å². The zero-order valence-corrected chi connectivity index (χ0v) is 13.9. The minimum Gasteiger partial charge on any atom is -0.395 e. The predicted octanol–water partition coefficient (Wildman–Crippen LogP) is 2.54. The van der Waals surface area contributed by atoms with Crippen molar-refractivity contribution in [2.24, 2.45) is 17.1 Å². The lowest BCUT2D eigenvalue weighted by molar-refractivity contribution is -0.144. The van der Waals surface area contributed by atoms with Gasteiger partial charge in [-0.25, -0.2) is 0 Å². The summed E-state index contributed by atoms with van der Waals surface area (Å²) >= 11 is 0. The number of carbonyl (C=O) groups excluding carboxylic acids is 1. The second-order valence-corrected chi connectivity index (χ2v) is 6.74. The summed E-state index contributed by atoms with van der Waals surface area (Å²) in [7, 11) is 0. The first-order chi connectivity index (χ1) is 10.1. The number of aliphatic hydroxyl groups excluding tert-OH is 1. The number of hydrogen-bond acceptors (Lipinski definition) is 3. The lowest BCUT2D eigenvalue weighted by Crippen LogP contribution is -2.50. The number of amides is 1. The monoisotopic (exact) mass is 298 g/mol. The first kappa shape index (κ1) is 18.4. The zero-order chi connectivity index (χ0) is 15.7. The van der Waals surface area contributed by atoms with Crippen molar-refractivity contribution >= 4 is 5.91 Å². The molecule has 1 rings (SSSR count). The minimum absolute atomic E-state index is 0.0383. The van der Waals surface area contributed by atoms with Crippen molar-refractivity contribution in [3.63, 3.8) is 0 Å². The summed E-state index contributed by atoms with van der Waals surface area (Å²) in [5.74, 6) is 0.885. The van der Waals surface area contributed by atoms with E-state index in [0.717, 1.165) is 45.1 Å². The molecule has 0 bridgehead atoms. The molecule has 0 aromatic rings. The van der Waals surface area contributed by atoms with Gasteiger partial charge in [0.05, 0.1) is 12.0 Å². The molecule has 124 valence electrons. The molecule has 0 unspecified atom stereocenters. The van der Waals surface area contributed by atoms with Crippen molar-refractivity contribution in [2.75, 3.05) is 26.2 Å².